The molecule has 88 valence electrons. The van der Waals surface area contributed by atoms with Crippen molar-refractivity contribution < 1.29 is 14.3 Å². The SMILES string of the molecule is Cc1coc(SCC(=O)c2ccc(O)cc2)n1. The Bertz CT molecular complexity index is 519. The second kappa shape index (κ2) is 5.05. The minimum absolute atomic E-state index is 0.0224. The van der Waals surface area contributed by atoms with Crippen molar-refractivity contribution in [1.29, 1.82) is 0 Å². The van der Waals surface area contributed by atoms with E-state index < -0.39 is 0 Å². The van der Waals surface area contributed by atoms with Crippen LogP contribution in [0.25, 0.3) is 0 Å². The maximum absolute atomic E-state index is 11.8. The van der Waals surface area contributed by atoms with Gasteiger partial charge in [0, 0.05) is 5.56 Å². The first-order valence-electron chi connectivity index (χ1n) is 5.02. The summed E-state index contributed by atoms with van der Waals surface area (Å²) in [5.41, 5.74) is 1.36. The predicted octanol–water partition coefficient (Wildman–Crippen LogP) is 2.66. The second-order valence-electron chi connectivity index (χ2n) is 3.51. The zero-order valence-electron chi connectivity index (χ0n) is 9.21. The number of thioether (sulfide) groups is 1. The molecule has 0 radical (unpaired) electrons. The molecule has 0 unspecified atom stereocenters. The van der Waals surface area contributed by atoms with E-state index in [1.165, 1.54) is 23.9 Å². The quantitative estimate of drug-likeness (QED) is 0.666. The number of oxazole rings is 1. The molecule has 1 aromatic carbocycles. The van der Waals surface area contributed by atoms with Crippen LogP contribution >= 0.6 is 11.8 Å². The third-order valence-electron chi connectivity index (χ3n) is 2.11. The first kappa shape index (κ1) is 11.7. The predicted molar refractivity (Wildman–Crippen MR) is 64.4 cm³/mol. The van der Waals surface area contributed by atoms with Crippen LogP contribution in [0.1, 0.15) is 16.1 Å². The monoisotopic (exact) mass is 249 g/mol. The molecule has 0 aliphatic carbocycles. The summed E-state index contributed by atoms with van der Waals surface area (Å²) in [6, 6.07) is 6.18. The second-order valence-corrected chi connectivity index (χ2v) is 4.44. The van der Waals surface area contributed by atoms with Gasteiger partial charge in [0.2, 0.25) is 0 Å². The molecule has 0 bridgehead atoms. The molecule has 0 saturated carbocycles. The van der Waals surface area contributed by atoms with Gasteiger partial charge in [-0.3, -0.25) is 4.79 Å². The van der Waals surface area contributed by atoms with Crippen molar-refractivity contribution in [3.8, 4) is 5.75 Å². The number of Topliss-reactive ketones (excluding diaryl/α,β-unsaturated/α-hetero) is 1. The number of aryl methyl sites for hydroxylation is 1. The van der Waals surface area contributed by atoms with Gasteiger partial charge in [0.05, 0.1) is 11.4 Å². The van der Waals surface area contributed by atoms with Crippen LogP contribution in [-0.4, -0.2) is 21.6 Å². The Morgan fingerprint density at radius 3 is 2.71 bits per heavy atom. The maximum Gasteiger partial charge on any atom is 0.256 e. The number of aromatic nitrogens is 1. The summed E-state index contributed by atoms with van der Waals surface area (Å²) in [6.45, 7) is 1.83. The van der Waals surface area contributed by atoms with E-state index in [1.807, 2.05) is 6.92 Å². The number of ketones is 1. The van der Waals surface area contributed by atoms with E-state index in [0.717, 1.165) is 5.69 Å². The molecule has 2 aromatic rings. The average molecular weight is 249 g/mol. The van der Waals surface area contributed by atoms with Crippen LogP contribution in [0.2, 0.25) is 0 Å². The van der Waals surface area contributed by atoms with Crippen molar-refractivity contribution in [2.24, 2.45) is 0 Å². The lowest BCUT2D eigenvalue weighted by Gasteiger charge is -1.99. The van der Waals surface area contributed by atoms with E-state index >= 15 is 0 Å². The molecule has 0 aliphatic heterocycles. The maximum atomic E-state index is 11.8. The average Bonchev–Trinajstić information content (AvgIpc) is 2.73. The lowest BCUT2D eigenvalue weighted by molar-refractivity contribution is 0.102. The lowest BCUT2D eigenvalue weighted by atomic mass is 10.1. The fraction of sp³-hybridized carbons (Fsp3) is 0.167. The van der Waals surface area contributed by atoms with Crippen molar-refractivity contribution >= 4 is 17.5 Å². The van der Waals surface area contributed by atoms with Crippen LogP contribution in [0.5, 0.6) is 5.75 Å². The molecule has 1 heterocycles. The van der Waals surface area contributed by atoms with Crippen LogP contribution in [0.4, 0.5) is 0 Å². The van der Waals surface area contributed by atoms with Crippen LogP contribution < -0.4 is 0 Å². The summed E-state index contributed by atoms with van der Waals surface area (Å²) in [4.78, 5) is 15.9. The van der Waals surface area contributed by atoms with Crippen LogP contribution in [0, 0.1) is 6.92 Å². The molecule has 0 amide bonds. The van der Waals surface area contributed by atoms with Crippen LogP contribution in [-0.2, 0) is 0 Å². The number of nitrogens with zero attached hydrogens (tertiary/aromatic N) is 1. The number of phenolic OH excluding ortho intramolecular Hbond substituents is 1. The standard InChI is InChI=1S/C12H11NO3S/c1-8-6-16-12(13-8)17-7-11(15)9-2-4-10(14)5-3-9/h2-6,14H,7H2,1H3. The molecular formula is C12H11NO3S. The molecule has 1 N–H and O–H groups in total. The summed E-state index contributed by atoms with van der Waals surface area (Å²) in [5.74, 6) is 0.397. The minimum Gasteiger partial charge on any atom is -0.508 e. The number of carbonyl (C=O) groups excluding carboxylic acids is 1. The normalized spacial score (nSPS) is 10.4. The molecular weight excluding hydrogens is 238 g/mol. The molecule has 0 spiro atoms. The zero-order valence-corrected chi connectivity index (χ0v) is 10.0. The fourth-order valence-electron chi connectivity index (χ4n) is 1.26. The van der Waals surface area contributed by atoms with Gasteiger partial charge in [-0.1, -0.05) is 11.8 Å². The Morgan fingerprint density at radius 2 is 2.12 bits per heavy atom. The number of rotatable bonds is 4. The van der Waals surface area contributed by atoms with Gasteiger partial charge in [-0.15, -0.1) is 0 Å². The Morgan fingerprint density at radius 1 is 1.41 bits per heavy atom. The minimum atomic E-state index is -0.0224. The van der Waals surface area contributed by atoms with E-state index in [9.17, 15) is 4.79 Å². The van der Waals surface area contributed by atoms with Crippen molar-refractivity contribution in [3.05, 3.63) is 41.8 Å². The molecule has 17 heavy (non-hydrogen) atoms. The first-order valence-corrected chi connectivity index (χ1v) is 6.01. The molecule has 4 nitrogen and oxygen atoms in total. The van der Waals surface area contributed by atoms with E-state index in [2.05, 4.69) is 4.98 Å². The number of benzene rings is 1. The number of phenols is 1. The van der Waals surface area contributed by atoms with Crippen molar-refractivity contribution in [2.75, 3.05) is 5.75 Å². The number of aromatic hydroxyl groups is 1. The number of hydrogen-bond donors (Lipinski definition) is 1. The highest BCUT2D eigenvalue weighted by molar-refractivity contribution is 7.99. The molecule has 0 saturated heterocycles. The summed E-state index contributed by atoms with van der Waals surface area (Å²) in [7, 11) is 0. The third kappa shape index (κ3) is 3.10. The van der Waals surface area contributed by atoms with Gasteiger partial charge in [-0.25, -0.2) is 4.98 Å². The van der Waals surface area contributed by atoms with Gasteiger partial charge in [-0.2, -0.15) is 0 Å². The van der Waals surface area contributed by atoms with E-state index in [-0.39, 0.29) is 17.3 Å². The molecule has 1 aromatic heterocycles. The summed E-state index contributed by atoms with van der Waals surface area (Å²) in [6.07, 6.45) is 1.55. The van der Waals surface area contributed by atoms with Gasteiger partial charge < -0.3 is 9.52 Å². The highest BCUT2D eigenvalue weighted by Gasteiger charge is 2.09. The highest BCUT2D eigenvalue weighted by atomic mass is 32.2. The topological polar surface area (TPSA) is 63.3 Å². The van der Waals surface area contributed by atoms with E-state index in [0.29, 0.717) is 10.8 Å². The summed E-state index contributed by atoms with van der Waals surface area (Å²) in [5, 5.41) is 9.60. The summed E-state index contributed by atoms with van der Waals surface area (Å²) >= 11 is 1.26. The molecule has 0 aliphatic rings. The Hall–Kier alpha value is -1.75. The van der Waals surface area contributed by atoms with Gasteiger partial charge in [0.1, 0.15) is 12.0 Å². The molecule has 2 rings (SSSR count). The van der Waals surface area contributed by atoms with Gasteiger partial charge in [-0.05, 0) is 31.2 Å². The largest absolute Gasteiger partial charge is 0.508 e. The lowest BCUT2D eigenvalue weighted by Crippen LogP contribution is -2.01. The van der Waals surface area contributed by atoms with Crippen molar-refractivity contribution in [1.82, 2.24) is 4.98 Å². The number of carbonyl (C=O) groups is 1. The van der Waals surface area contributed by atoms with Crippen LogP contribution in [0.15, 0.2) is 40.2 Å². The van der Waals surface area contributed by atoms with E-state index in [1.54, 1.807) is 18.4 Å². The number of hydrogen-bond acceptors (Lipinski definition) is 5. The van der Waals surface area contributed by atoms with Gasteiger partial charge in [0.25, 0.3) is 5.22 Å². The summed E-state index contributed by atoms with van der Waals surface area (Å²) < 4.78 is 5.13. The Labute approximate surface area is 103 Å². The molecule has 0 fully saturated rings. The smallest absolute Gasteiger partial charge is 0.256 e. The fourth-order valence-corrected chi connectivity index (χ4v) is 2.00. The Balaban J connectivity index is 1.95. The van der Waals surface area contributed by atoms with Gasteiger partial charge >= 0.3 is 0 Å². The molecule has 5 heteroatoms. The van der Waals surface area contributed by atoms with Crippen LogP contribution in [0.3, 0.4) is 0 Å². The van der Waals surface area contributed by atoms with Crippen molar-refractivity contribution in [2.45, 2.75) is 12.1 Å². The first-order chi connectivity index (χ1) is 8.15. The Kier molecular flexibility index (Phi) is 3.49. The van der Waals surface area contributed by atoms with E-state index in [4.69, 9.17) is 9.52 Å². The van der Waals surface area contributed by atoms with Crippen molar-refractivity contribution in [3.63, 3.8) is 0 Å². The van der Waals surface area contributed by atoms with Gasteiger partial charge in [0.15, 0.2) is 5.78 Å². The molecule has 0 atom stereocenters. The third-order valence-corrected chi connectivity index (χ3v) is 2.95. The highest BCUT2D eigenvalue weighted by Crippen LogP contribution is 2.19. The zero-order chi connectivity index (χ0) is 12.3.